The minimum atomic E-state index is 0.0985. The van der Waals surface area contributed by atoms with Gasteiger partial charge in [-0.25, -0.2) is 0 Å². The van der Waals surface area contributed by atoms with E-state index in [0.29, 0.717) is 24.0 Å². The fourth-order valence-corrected chi connectivity index (χ4v) is 8.10. The molecule has 0 spiro atoms. The van der Waals surface area contributed by atoms with E-state index in [1.54, 1.807) is 0 Å². The van der Waals surface area contributed by atoms with E-state index in [-0.39, 0.29) is 5.91 Å². The van der Waals surface area contributed by atoms with Gasteiger partial charge in [0, 0.05) is 56.6 Å². The van der Waals surface area contributed by atoms with Crippen molar-refractivity contribution >= 4 is 17.6 Å². The fraction of sp³-hybridized carbons (Fsp3) is 0.576. The molecule has 3 saturated carbocycles. The summed E-state index contributed by atoms with van der Waals surface area (Å²) in [5.74, 6) is 3.05. The molecule has 0 unspecified atom stereocenters. The minimum Gasteiger partial charge on any atom is -0.340 e. The van der Waals surface area contributed by atoms with Crippen molar-refractivity contribution in [3.8, 4) is 0 Å². The van der Waals surface area contributed by atoms with Crippen molar-refractivity contribution < 1.29 is 4.79 Å². The normalized spacial score (nSPS) is 27.8. The van der Waals surface area contributed by atoms with E-state index in [1.165, 1.54) is 29.5 Å². The van der Waals surface area contributed by atoms with Gasteiger partial charge in [0.15, 0.2) is 5.96 Å². The van der Waals surface area contributed by atoms with Gasteiger partial charge in [0.05, 0.1) is 0 Å². The second-order valence-electron chi connectivity index (χ2n) is 13.3. The summed E-state index contributed by atoms with van der Waals surface area (Å²) in [6.07, 6.45) is 3.63. The molecule has 4 atom stereocenters. The lowest BCUT2D eigenvalue weighted by Crippen LogP contribution is -2.63. The SMILES string of the molecule is Cc1ccc(CCN2Cc3ccc(NC(=N)N4CCN([C@H]5C[C@H]6C[C@@H]([C@@H]5C)C6(C)C)CC4)cc3C2=O)c(C)c1. The van der Waals surface area contributed by atoms with Gasteiger partial charge in [0.25, 0.3) is 5.91 Å². The molecule has 4 fully saturated rings. The minimum absolute atomic E-state index is 0.0985. The molecule has 2 aliphatic heterocycles. The highest BCUT2D eigenvalue weighted by atomic mass is 16.2. The Morgan fingerprint density at radius 1 is 1.05 bits per heavy atom. The van der Waals surface area contributed by atoms with Gasteiger partial charge in [-0.15, -0.1) is 0 Å². The quantitative estimate of drug-likeness (QED) is 0.396. The van der Waals surface area contributed by atoms with Crippen LogP contribution < -0.4 is 5.32 Å². The Morgan fingerprint density at radius 2 is 1.82 bits per heavy atom. The number of rotatable bonds is 5. The third-order valence-corrected chi connectivity index (χ3v) is 10.8. The van der Waals surface area contributed by atoms with Gasteiger partial charge in [-0.05, 0) is 85.1 Å². The van der Waals surface area contributed by atoms with Crippen LogP contribution in [0, 0.1) is 42.4 Å². The Bertz CT molecular complexity index is 1280. The van der Waals surface area contributed by atoms with Crippen LogP contribution in [0.15, 0.2) is 36.4 Å². The van der Waals surface area contributed by atoms with Gasteiger partial charge >= 0.3 is 0 Å². The number of hydrogen-bond acceptors (Lipinski definition) is 3. The van der Waals surface area contributed by atoms with Crippen LogP contribution in [0.1, 0.15) is 66.2 Å². The highest BCUT2D eigenvalue weighted by Gasteiger charge is 2.57. The molecule has 39 heavy (non-hydrogen) atoms. The fourth-order valence-electron chi connectivity index (χ4n) is 8.10. The van der Waals surface area contributed by atoms with Crippen molar-refractivity contribution in [1.82, 2.24) is 14.7 Å². The van der Waals surface area contributed by atoms with Gasteiger partial charge in [0.2, 0.25) is 0 Å². The third kappa shape index (κ3) is 4.75. The predicted molar refractivity (Wildman–Crippen MR) is 158 cm³/mol. The molecule has 2 aromatic rings. The first-order chi connectivity index (χ1) is 18.6. The van der Waals surface area contributed by atoms with Gasteiger partial charge in [-0.3, -0.25) is 15.1 Å². The van der Waals surface area contributed by atoms with Gasteiger partial charge in [-0.1, -0.05) is 50.6 Å². The second kappa shape index (κ2) is 9.96. The molecule has 7 rings (SSSR count). The largest absolute Gasteiger partial charge is 0.340 e. The summed E-state index contributed by atoms with van der Waals surface area (Å²) in [6, 6.07) is 13.3. The summed E-state index contributed by atoms with van der Waals surface area (Å²) in [5, 5.41) is 12.0. The van der Waals surface area contributed by atoms with Crippen LogP contribution in [0.4, 0.5) is 5.69 Å². The highest BCUT2D eigenvalue weighted by molar-refractivity contribution is 6.00. The Hall–Kier alpha value is -2.86. The summed E-state index contributed by atoms with van der Waals surface area (Å²) < 4.78 is 0. The smallest absolute Gasteiger partial charge is 0.254 e. The molecule has 2 aromatic carbocycles. The van der Waals surface area contributed by atoms with Crippen LogP contribution in [0.5, 0.6) is 0 Å². The standard InChI is InChI=1S/C33H45N5O/c1-21-6-7-24(22(2)16-21)10-11-38-20-25-8-9-27(19-28(25)31(38)39)35-32(34)37-14-12-36(13-15-37)30-18-26-17-29(23(30)3)33(26,4)5/h6-9,16,19,23,26,29-30H,10-15,17-18,20H2,1-5H3,(H2,34,35)/t23-,26+,29-,30-/m0/s1. The molecular formula is C33H45N5O. The molecule has 208 valence electrons. The summed E-state index contributed by atoms with van der Waals surface area (Å²) in [6.45, 7) is 16.9. The van der Waals surface area contributed by atoms with Crippen LogP contribution in [0.2, 0.25) is 0 Å². The summed E-state index contributed by atoms with van der Waals surface area (Å²) in [5.41, 5.74) is 7.07. The zero-order valence-electron chi connectivity index (χ0n) is 24.4. The van der Waals surface area contributed by atoms with Crippen LogP contribution in [0.3, 0.4) is 0 Å². The monoisotopic (exact) mass is 527 g/mol. The zero-order chi connectivity index (χ0) is 27.5. The molecule has 3 aliphatic carbocycles. The Balaban J connectivity index is 1.02. The maximum absolute atomic E-state index is 13.2. The van der Waals surface area contributed by atoms with Crippen molar-refractivity contribution in [3.63, 3.8) is 0 Å². The topological polar surface area (TPSA) is 62.7 Å². The summed E-state index contributed by atoms with van der Waals surface area (Å²) in [4.78, 5) is 20.0. The molecular weight excluding hydrogens is 482 g/mol. The summed E-state index contributed by atoms with van der Waals surface area (Å²) in [7, 11) is 0. The lowest BCUT2D eigenvalue weighted by molar-refractivity contribution is -0.141. The number of benzene rings is 2. The Labute approximate surface area is 234 Å². The van der Waals surface area contributed by atoms with Gasteiger partial charge in [0.1, 0.15) is 0 Å². The average Bonchev–Trinajstić information content (AvgIpc) is 3.22. The molecule has 6 heteroatoms. The zero-order valence-corrected chi connectivity index (χ0v) is 24.4. The van der Waals surface area contributed by atoms with Crippen LogP contribution in [0.25, 0.3) is 0 Å². The van der Waals surface area contributed by atoms with Gasteiger partial charge < -0.3 is 15.1 Å². The van der Waals surface area contributed by atoms with E-state index in [1.807, 2.05) is 17.0 Å². The van der Waals surface area contributed by atoms with Crippen LogP contribution in [-0.4, -0.2) is 65.3 Å². The van der Waals surface area contributed by atoms with Crippen molar-refractivity contribution in [2.45, 2.75) is 66.5 Å². The first-order valence-corrected chi connectivity index (χ1v) is 14.9. The molecule has 2 N–H and O–H groups in total. The molecule has 1 saturated heterocycles. The van der Waals surface area contributed by atoms with Crippen LogP contribution in [-0.2, 0) is 13.0 Å². The Morgan fingerprint density at radius 3 is 2.51 bits per heavy atom. The number of amides is 1. The molecule has 1 amide bonds. The maximum atomic E-state index is 13.2. The number of guanidine groups is 1. The number of fused-ring (bicyclic) bond motifs is 3. The number of carbonyl (C=O) groups excluding carboxylic acids is 1. The van der Waals surface area contributed by atoms with Crippen molar-refractivity contribution in [3.05, 3.63) is 64.2 Å². The average molecular weight is 528 g/mol. The van der Waals surface area contributed by atoms with Crippen LogP contribution >= 0.6 is 0 Å². The lowest BCUT2D eigenvalue weighted by atomic mass is 9.44. The molecule has 0 aromatic heterocycles. The molecule has 2 bridgehead atoms. The van der Waals surface area contributed by atoms with E-state index in [9.17, 15) is 4.79 Å². The molecule has 0 radical (unpaired) electrons. The number of hydrogen-bond donors (Lipinski definition) is 2. The number of anilines is 1. The van der Waals surface area contributed by atoms with E-state index in [4.69, 9.17) is 5.41 Å². The first kappa shape index (κ1) is 26.4. The maximum Gasteiger partial charge on any atom is 0.254 e. The first-order valence-electron chi connectivity index (χ1n) is 14.9. The molecule has 5 aliphatic rings. The predicted octanol–water partition coefficient (Wildman–Crippen LogP) is 5.54. The van der Waals surface area contributed by atoms with Crippen molar-refractivity contribution in [2.75, 3.05) is 38.0 Å². The lowest BCUT2D eigenvalue weighted by Gasteiger charge is -2.64. The van der Waals surface area contributed by atoms with Crippen molar-refractivity contribution in [1.29, 1.82) is 5.41 Å². The van der Waals surface area contributed by atoms with Crippen molar-refractivity contribution in [2.24, 2.45) is 23.2 Å². The van der Waals surface area contributed by atoms with E-state index < -0.39 is 0 Å². The number of nitrogens with zero attached hydrogens (tertiary/aromatic N) is 3. The van der Waals surface area contributed by atoms with E-state index >= 15 is 0 Å². The van der Waals surface area contributed by atoms with E-state index in [2.05, 4.69) is 74.0 Å². The highest BCUT2D eigenvalue weighted by Crippen LogP contribution is 2.62. The number of piperazine rings is 1. The van der Waals surface area contributed by atoms with E-state index in [0.717, 1.165) is 73.7 Å². The summed E-state index contributed by atoms with van der Waals surface area (Å²) >= 11 is 0. The molecule has 2 heterocycles. The Kier molecular flexibility index (Phi) is 6.73. The number of aryl methyl sites for hydroxylation is 2. The molecule has 6 nitrogen and oxygen atoms in total. The second-order valence-corrected chi connectivity index (χ2v) is 13.3. The van der Waals surface area contributed by atoms with Gasteiger partial charge in [-0.2, -0.15) is 0 Å². The number of nitrogens with one attached hydrogen (secondary N) is 2. The third-order valence-electron chi connectivity index (χ3n) is 10.8. The number of carbonyl (C=O) groups is 1.